The highest BCUT2D eigenvalue weighted by molar-refractivity contribution is 7.98. The summed E-state index contributed by atoms with van der Waals surface area (Å²) < 4.78 is 0. The quantitative estimate of drug-likeness (QED) is 0.359. The van der Waals surface area contributed by atoms with Crippen LogP contribution in [0.1, 0.15) is 22.8 Å². The Morgan fingerprint density at radius 3 is 2.65 bits per heavy atom. The van der Waals surface area contributed by atoms with Gasteiger partial charge in [-0.15, -0.1) is 11.8 Å². The lowest BCUT2D eigenvalue weighted by atomic mass is 10.2. The molecule has 0 amide bonds. The van der Waals surface area contributed by atoms with E-state index in [4.69, 9.17) is 0 Å². The zero-order valence-electron chi connectivity index (χ0n) is 10.9. The summed E-state index contributed by atoms with van der Waals surface area (Å²) in [5.74, 6) is 0.658. The van der Waals surface area contributed by atoms with E-state index in [1.807, 2.05) is 24.3 Å². The number of thioether (sulfide) groups is 1. The molecule has 102 valence electrons. The third-order valence-corrected chi connectivity index (χ3v) is 3.83. The van der Waals surface area contributed by atoms with Gasteiger partial charge in [0.25, 0.3) is 5.69 Å². The Morgan fingerprint density at radius 2 is 1.95 bits per heavy atom. The summed E-state index contributed by atoms with van der Waals surface area (Å²) in [5, 5.41) is 10.7. The number of ketones is 1. The van der Waals surface area contributed by atoms with Crippen molar-refractivity contribution in [2.75, 3.05) is 0 Å². The number of Topliss-reactive ketones (excluding diaryl/α,β-unsaturated/α-hetero) is 1. The number of nitro groups is 1. The van der Waals surface area contributed by atoms with Crippen LogP contribution in [0.15, 0.2) is 53.4 Å². The summed E-state index contributed by atoms with van der Waals surface area (Å²) in [6.45, 7) is 1.53. The lowest BCUT2D eigenvalue weighted by Gasteiger charge is -2.03. The van der Waals surface area contributed by atoms with Gasteiger partial charge in [-0.05, 0) is 24.6 Å². The van der Waals surface area contributed by atoms with E-state index in [1.165, 1.54) is 13.0 Å². The van der Waals surface area contributed by atoms with Crippen molar-refractivity contribution in [2.45, 2.75) is 17.6 Å². The van der Waals surface area contributed by atoms with E-state index in [-0.39, 0.29) is 11.5 Å². The smallest absolute Gasteiger partial charge is 0.269 e. The van der Waals surface area contributed by atoms with Crippen LogP contribution in [0, 0.1) is 10.1 Å². The van der Waals surface area contributed by atoms with Crippen molar-refractivity contribution < 1.29 is 9.72 Å². The highest BCUT2D eigenvalue weighted by atomic mass is 32.2. The topological polar surface area (TPSA) is 60.2 Å². The second-order valence-corrected chi connectivity index (χ2v) is 5.35. The molecule has 20 heavy (non-hydrogen) atoms. The predicted molar refractivity (Wildman–Crippen MR) is 79.1 cm³/mol. The van der Waals surface area contributed by atoms with Gasteiger partial charge < -0.3 is 0 Å². The molecule has 2 aromatic carbocycles. The van der Waals surface area contributed by atoms with Gasteiger partial charge in [0.1, 0.15) is 0 Å². The van der Waals surface area contributed by atoms with Gasteiger partial charge in [0.15, 0.2) is 5.78 Å². The van der Waals surface area contributed by atoms with Crippen molar-refractivity contribution in [3.05, 3.63) is 69.8 Å². The van der Waals surface area contributed by atoms with Crippen molar-refractivity contribution >= 4 is 23.2 Å². The fourth-order valence-corrected chi connectivity index (χ4v) is 2.63. The van der Waals surface area contributed by atoms with Gasteiger partial charge in [0, 0.05) is 28.3 Å². The van der Waals surface area contributed by atoms with E-state index >= 15 is 0 Å². The summed E-state index contributed by atoms with van der Waals surface area (Å²) in [6.07, 6.45) is 0. The van der Waals surface area contributed by atoms with Gasteiger partial charge in [-0.3, -0.25) is 14.9 Å². The maximum Gasteiger partial charge on any atom is 0.269 e. The Bertz CT molecular complexity index is 598. The maximum absolute atomic E-state index is 11.3. The zero-order valence-corrected chi connectivity index (χ0v) is 11.7. The fraction of sp³-hybridized carbons (Fsp3) is 0.133. The summed E-state index contributed by atoms with van der Waals surface area (Å²) in [4.78, 5) is 22.6. The first kappa shape index (κ1) is 14.3. The van der Waals surface area contributed by atoms with E-state index in [0.29, 0.717) is 11.3 Å². The molecule has 0 aliphatic carbocycles. The molecule has 0 aromatic heterocycles. The molecule has 0 unspecified atom stereocenters. The first-order chi connectivity index (χ1) is 9.56. The molecule has 4 nitrogen and oxygen atoms in total. The SMILES string of the molecule is CC(=O)c1cccc(SCc2cccc([N+](=O)[O-])c2)c1. The third-order valence-electron chi connectivity index (χ3n) is 2.77. The number of non-ortho nitro benzene ring substituents is 1. The van der Waals surface area contributed by atoms with Crippen molar-refractivity contribution in [2.24, 2.45) is 0 Å². The fourth-order valence-electron chi connectivity index (χ4n) is 1.73. The average Bonchev–Trinajstić information content (AvgIpc) is 2.45. The molecule has 0 heterocycles. The highest BCUT2D eigenvalue weighted by Crippen LogP contribution is 2.25. The first-order valence-corrected chi connectivity index (χ1v) is 7.02. The van der Waals surface area contributed by atoms with Crippen LogP contribution in [-0.4, -0.2) is 10.7 Å². The number of carbonyl (C=O) groups is 1. The van der Waals surface area contributed by atoms with Crippen molar-refractivity contribution in [3.63, 3.8) is 0 Å². The number of hydrogen-bond donors (Lipinski definition) is 0. The minimum atomic E-state index is -0.398. The number of benzene rings is 2. The maximum atomic E-state index is 11.3. The van der Waals surface area contributed by atoms with E-state index in [2.05, 4.69) is 0 Å². The number of nitrogens with zero attached hydrogens (tertiary/aromatic N) is 1. The van der Waals surface area contributed by atoms with Crippen LogP contribution in [0.5, 0.6) is 0 Å². The van der Waals surface area contributed by atoms with E-state index in [1.54, 1.807) is 30.0 Å². The predicted octanol–water partition coefficient (Wildman–Crippen LogP) is 4.09. The molecule has 0 aliphatic heterocycles. The Morgan fingerprint density at radius 1 is 1.20 bits per heavy atom. The van der Waals surface area contributed by atoms with Gasteiger partial charge in [-0.25, -0.2) is 0 Å². The van der Waals surface area contributed by atoms with Crippen molar-refractivity contribution in [1.82, 2.24) is 0 Å². The average molecular weight is 287 g/mol. The normalized spacial score (nSPS) is 10.2. The van der Waals surface area contributed by atoms with E-state index in [9.17, 15) is 14.9 Å². The molecular weight excluding hydrogens is 274 g/mol. The van der Waals surface area contributed by atoms with Crippen LogP contribution in [-0.2, 0) is 5.75 Å². The molecule has 0 saturated carbocycles. The van der Waals surface area contributed by atoms with Gasteiger partial charge in [-0.1, -0.05) is 24.3 Å². The second-order valence-electron chi connectivity index (χ2n) is 4.30. The summed E-state index contributed by atoms with van der Waals surface area (Å²) >= 11 is 1.55. The molecule has 2 rings (SSSR count). The number of hydrogen-bond acceptors (Lipinski definition) is 4. The van der Waals surface area contributed by atoms with E-state index < -0.39 is 4.92 Å². The number of carbonyl (C=O) groups excluding carboxylic acids is 1. The molecule has 0 aliphatic rings. The largest absolute Gasteiger partial charge is 0.295 e. The molecule has 0 radical (unpaired) electrons. The molecule has 0 atom stereocenters. The Balaban J connectivity index is 2.08. The molecule has 0 saturated heterocycles. The standard InChI is InChI=1S/C15H13NO3S/c1-11(17)13-5-3-7-15(9-13)20-10-12-4-2-6-14(8-12)16(18)19/h2-9H,10H2,1H3. The Hall–Kier alpha value is -2.14. The van der Waals surface area contributed by atoms with Crippen LogP contribution in [0.25, 0.3) is 0 Å². The highest BCUT2D eigenvalue weighted by Gasteiger charge is 2.06. The van der Waals surface area contributed by atoms with Crippen LogP contribution >= 0.6 is 11.8 Å². The molecule has 0 bridgehead atoms. The molecular formula is C15H13NO3S. The second kappa shape index (κ2) is 6.34. The molecule has 0 fully saturated rings. The molecule has 0 N–H and O–H groups in total. The minimum Gasteiger partial charge on any atom is -0.295 e. The third kappa shape index (κ3) is 3.68. The summed E-state index contributed by atoms with van der Waals surface area (Å²) in [5.41, 5.74) is 1.66. The monoisotopic (exact) mass is 287 g/mol. The molecule has 5 heteroatoms. The lowest BCUT2D eigenvalue weighted by Crippen LogP contribution is -1.92. The van der Waals surface area contributed by atoms with E-state index in [0.717, 1.165) is 10.5 Å². The number of nitro benzene ring substituents is 1. The first-order valence-electron chi connectivity index (χ1n) is 6.03. The van der Waals surface area contributed by atoms with Gasteiger partial charge in [0.2, 0.25) is 0 Å². The Labute approximate surface area is 121 Å². The van der Waals surface area contributed by atoms with Crippen LogP contribution in [0.4, 0.5) is 5.69 Å². The zero-order chi connectivity index (χ0) is 14.5. The van der Waals surface area contributed by atoms with Crippen LogP contribution in [0.3, 0.4) is 0 Å². The molecule has 2 aromatic rings. The van der Waals surface area contributed by atoms with Gasteiger partial charge in [-0.2, -0.15) is 0 Å². The van der Waals surface area contributed by atoms with Gasteiger partial charge >= 0.3 is 0 Å². The lowest BCUT2D eigenvalue weighted by molar-refractivity contribution is -0.384. The van der Waals surface area contributed by atoms with Crippen LogP contribution in [0.2, 0.25) is 0 Å². The van der Waals surface area contributed by atoms with Gasteiger partial charge in [0.05, 0.1) is 4.92 Å². The summed E-state index contributed by atoms with van der Waals surface area (Å²) in [6, 6.07) is 14.0. The summed E-state index contributed by atoms with van der Waals surface area (Å²) in [7, 11) is 0. The van der Waals surface area contributed by atoms with Crippen molar-refractivity contribution in [3.8, 4) is 0 Å². The Kier molecular flexibility index (Phi) is 4.53. The van der Waals surface area contributed by atoms with Crippen LogP contribution < -0.4 is 0 Å². The molecule has 0 spiro atoms. The van der Waals surface area contributed by atoms with Crippen molar-refractivity contribution in [1.29, 1.82) is 0 Å². The number of rotatable bonds is 5. The minimum absolute atomic E-state index is 0.0304.